The molecule has 0 radical (unpaired) electrons. The number of nitrogens with zero attached hydrogens (tertiary/aromatic N) is 1. The van der Waals surface area contributed by atoms with Gasteiger partial charge >= 0.3 is 11.9 Å². The van der Waals surface area contributed by atoms with Crippen LogP contribution < -0.4 is 4.89 Å². The van der Waals surface area contributed by atoms with Crippen LogP contribution in [-0.2, 0) is 32.7 Å². The predicted molar refractivity (Wildman–Crippen MR) is 305 cm³/mol. The fourth-order valence-electron chi connectivity index (χ4n) is 9.42. The molecule has 0 amide bonds. The van der Waals surface area contributed by atoms with Gasteiger partial charge in [0.1, 0.15) is 19.8 Å². The first-order chi connectivity index (χ1) is 35.0. The number of hydrogen-bond acceptors (Lipinski definition) is 8. The van der Waals surface area contributed by atoms with Crippen LogP contribution in [0.3, 0.4) is 0 Å². The van der Waals surface area contributed by atoms with Gasteiger partial charge in [-0.15, -0.1) is 0 Å². The van der Waals surface area contributed by atoms with E-state index in [1.54, 1.807) is 0 Å². The third-order valence-electron chi connectivity index (χ3n) is 14.3. The Morgan fingerprint density at radius 1 is 0.417 bits per heavy atom. The lowest BCUT2D eigenvalue weighted by atomic mass is 10.0. The van der Waals surface area contributed by atoms with Crippen LogP contribution in [0.1, 0.15) is 322 Å². The summed E-state index contributed by atoms with van der Waals surface area (Å²) in [6.07, 6.45) is 64.2. The highest BCUT2D eigenvalue weighted by Gasteiger charge is 2.22. The minimum atomic E-state index is -4.63. The molecule has 0 aliphatic heterocycles. The van der Waals surface area contributed by atoms with Crippen LogP contribution in [-0.4, -0.2) is 70.0 Å². The monoisotopic (exact) mass is 1040 g/mol. The highest BCUT2D eigenvalue weighted by Crippen LogP contribution is 2.38. The SMILES string of the molecule is CCCCCCCC/C=C\CCCCCCCCCCCC(=O)OC(COC(=O)CCCCCCCCCCCCCCCCCCCCCCCCCCCCCCC)COP(=O)([O-])OCC[N+](C)(C)C. The second-order valence-electron chi connectivity index (χ2n) is 22.8. The van der Waals surface area contributed by atoms with Crippen molar-refractivity contribution in [2.75, 3.05) is 47.5 Å². The summed E-state index contributed by atoms with van der Waals surface area (Å²) in [5.74, 6) is -0.815. The Hall–Kier alpha value is -1.25. The Morgan fingerprint density at radius 3 is 1.03 bits per heavy atom. The lowest BCUT2D eigenvalue weighted by Crippen LogP contribution is -2.37. The van der Waals surface area contributed by atoms with Crippen LogP contribution in [0.25, 0.3) is 0 Å². The van der Waals surface area contributed by atoms with E-state index in [1.165, 1.54) is 250 Å². The van der Waals surface area contributed by atoms with E-state index >= 15 is 0 Å². The maximum absolute atomic E-state index is 12.8. The van der Waals surface area contributed by atoms with E-state index in [1.807, 2.05) is 21.1 Å². The lowest BCUT2D eigenvalue weighted by molar-refractivity contribution is -0.870. The fourth-order valence-corrected chi connectivity index (χ4v) is 10.1. The number of ether oxygens (including phenoxy) is 2. The maximum Gasteiger partial charge on any atom is 0.306 e. The van der Waals surface area contributed by atoms with Gasteiger partial charge in [-0.2, -0.15) is 0 Å². The number of phosphoric acid groups is 1. The standard InChI is InChI=1S/C62H122NO8P/c1-6-8-10-12-14-16-18-20-22-24-26-27-28-29-30-31-32-33-34-35-37-38-40-42-44-46-48-50-52-54-61(64)68-58-60(59-70-72(66,67)69-57-56-63(3,4)5)71-62(65)55-53-51-49-47-45-43-41-39-36-25-23-21-19-17-15-13-11-9-7-2/h21,23,60H,6-20,22,24-59H2,1-5H3/b23-21-. The van der Waals surface area contributed by atoms with Crippen LogP contribution in [0, 0.1) is 0 Å². The molecule has 10 heteroatoms. The van der Waals surface area contributed by atoms with Crippen molar-refractivity contribution >= 4 is 19.8 Å². The van der Waals surface area contributed by atoms with E-state index < -0.39 is 26.5 Å². The van der Waals surface area contributed by atoms with Gasteiger partial charge in [0.25, 0.3) is 7.82 Å². The molecule has 0 aliphatic rings. The number of carbonyl (C=O) groups is 2. The molecule has 2 atom stereocenters. The molecule has 428 valence electrons. The molecule has 0 saturated heterocycles. The molecule has 9 nitrogen and oxygen atoms in total. The van der Waals surface area contributed by atoms with Crippen molar-refractivity contribution in [2.24, 2.45) is 0 Å². The fraction of sp³-hybridized carbons (Fsp3) is 0.935. The first-order valence-corrected chi connectivity index (χ1v) is 32.9. The number of carbonyl (C=O) groups excluding carboxylic acids is 2. The van der Waals surface area contributed by atoms with Crippen molar-refractivity contribution in [3.63, 3.8) is 0 Å². The summed E-state index contributed by atoms with van der Waals surface area (Å²) in [6.45, 7) is 4.30. The highest BCUT2D eigenvalue weighted by atomic mass is 31.2. The first kappa shape index (κ1) is 70.8. The zero-order valence-corrected chi connectivity index (χ0v) is 49.6. The van der Waals surface area contributed by atoms with Gasteiger partial charge in [-0.25, -0.2) is 0 Å². The molecule has 0 bridgehead atoms. The van der Waals surface area contributed by atoms with Crippen LogP contribution in [0.2, 0.25) is 0 Å². The van der Waals surface area contributed by atoms with Gasteiger partial charge in [0, 0.05) is 12.8 Å². The van der Waals surface area contributed by atoms with E-state index in [-0.39, 0.29) is 32.0 Å². The minimum absolute atomic E-state index is 0.0274. The molecule has 0 N–H and O–H groups in total. The van der Waals surface area contributed by atoms with E-state index in [4.69, 9.17) is 18.5 Å². The Morgan fingerprint density at radius 2 is 0.708 bits per heavy atom. The van der Waals surface area contributed by atoms with Gasteiger partial charge in [0.15, 0.2) is 6.10 Å². The number of phosphoric ester groups is 1. The predicted octanol–water partition coefficient (Wildman–Crippen LogP) is 19.0. The third kappa shape index (κ3) is 58.0. The molecular formula is C62H122NO8P. The second-order valence-corrected chi connectivity index (χ2v) is 24.2. The van der Waals surface area contributed by atoms with Gasteiger partial charge in [0.05, 0.1) is 27.7 Å². The molecule has 0 aliphatic carbocycles. The number of rotatable bonds is 59. The Kier molecular flexibility index (Phi) is 53.6. The molecule has 0 rings (SSSR count). The second kappa shape index (κ2) is 54.5. The zero-order chi connectivity index (χ0) is 52.7. The molecule has 0 aromatic carbocycles. The van der Waals surface area contributed by atoms with Crippen molar-refractivity contribution in [2.45, 2.75) is 328 Å². The van der Waals surface area contributed by atoms with E-state index in [0.717, 1.165) is 38.5 Å². The molecule has 0 heterocycles. The number of unbranched alkanes of at least 4 members (excludes halogenated alkanes) is 43. The third-order valence-corrected chi connectivity index (χ3v) is 15.2. The molecule has 0 aromatic heterocycles. The highest BCUT2D eigenvalue weighted by molar-refractivity contribution is 7.45. The number of allylic oxidation sites excluding steroid dienone is 2. The van der Waals surface area contributed by atoms with Gasteiger partial charge in [-0.05, 0) is 38.5 Å². The summed E-state index contributed by atoms with van der Waals surface area (Å²) in [7, 11) is 1.18. The van der Waals surface area contributed by atoms with Crippen LogP contribution in [0.4, 0.5) is 0 Å². The smallest absolute Gasteiger partial charge is 0.306 e. The summed E-state index contributed by atoms with van der Waals surface area (Å²) < 4.78 is 34.2. The summed E-state index contributed by atoms with van der Waals surface area (Å²) in [5.41, 5.74) is 0. The summed E-state index contributed by atoms with van der Waals surface area (Å²) >= 11 is 0. The molecule has 0 spiro atoms. The molecule has 0 fully saturated rings. The van der Waals surface area contributed by atoms with Crippen molar-refractivity contribution in [3.05, 3.63) is 12.2 Å². The van der Waals surface area contributed by atoms with Gasteiger partial charge in [-0.1, -0.05) is 283 Å². The van der Waals surface area contributed by atoms with Crippen molar-refractivity contribution < 1.29 is 42.1 Å². The van der Waals surface area contributed by atoms with Gasteiger partial charge < -0.3 is 27.9 Å². The zero-order valence-electron chi connectivity index (χ0n) is 48.7. The number of quaternary nitrogens is 1. The molecule has 72 heavy (non-hydrogen) atoms. The van der Waals surface area contributed by atoms with Gasteiger partial charge in [-0.3, -0.25) is 14.2 Å². The Balaban J connectivity index is 4.02. The average Bonchev–Trinajstić information content (AvgIpc) is 3.34. The van der Waals surface area contributed by atoms with Crippen LogP contribution in [0.15, 0.2) is 12.2 Å². The largest absolute Gasteiger partial charge is 0.756 e. The number of likely N-dealkylation sites (N-methyl/N-ethyl adjacent to an activating group) is 1. The van der Waals surface area contributed by atoms with E-state index in [2.05, 4.69) is 26.0 Å². The molecule has 0 aromatic rings. The quantitative estimate of drug-likeness (QED) is 0.0195. The number of hydrogen-bond donors (Lipinski definition) is 0. The van der Waals surface area contributed by atoms with Crippen molar-refractivity contribution in [1.82, 2.24) is 0 Å². The van der Waals surface area contributed by atoms with E-state index in [9.17, 15) is 19.0 Å². The molecule has 2 unspecified atom stereocenters. The average molecular weight is 1040 g/mol. The minimum Gasteiger partial charge on any atom is -0.756 e. The van der Waals surface area contributed by atoms with Gasteiger partial charge in [0.2, 0.25) is 0 Å². The lowest BCUT2D eigenvalue weighted by Gasteiger charge is -2.28. The Bertz CT molecular complexity index is 1220. The first-order valence-electron chi connectivity index (χ1n) is 31.4. The normalized spacial score (nSPS) is 13.2. The Labute approximate surface area is 447 Å². The molecule has 0 saturated carbocycles. The van der Waals surface area contributed by atoms with Crippen LogP contribution in [0.5, 0.6) is 0 Å². The summed E-state index contributed by atoms with van der Waals surface area (Å²) in [5, 5.41) is 0. The van der Waals surface area contributed by atoms with Crippen molar-refractivity contribution in [1.29, 1.82) is 0 Å². The topological polar surface area (TPSA) is 111 Å². The maximum atomic E-state index is 12.8. The van der Waals surface area contributed by atoms with Crippen molar-refractivity contribution in [3.8, 4) is 0 Å². The van der Waals surface area contributed by atoms with Crippen LogP contribution >= 0.6 is 7.82 Å². The number of esters is 2. The summed E-state index contributed by atoms with van der Waals surface area (Å²) in [4.78, 5) is 37.9. The summed E-state index contributed by atoms with van der Waals surface area (Å²) in [6, 6.07) is 0. The van der Waals surface area contributed by atoms with E-state index in [0.29, 0.717) is 17.4 Å². The molecular weight excluding hydrogens is 918 g/mol.